The monoisotopic (exact) mass is 559 g/mol. The molecule has 4 rings (SSSR count). The maximum absolute atomic E-state index is 14.8. The zero-order chi connectivity index (χ0) is 29.1. The number of fused-ring (bicyclic) bond motifs is 2. The van der Waals surface area contributed by atoms with Crippen molar-refractivity contribution in [3.05, 3.63) is 24.3 Å². The van der Waals surface area contributed by atoms with Crippen LogP contribution in [0.5, 0.6) is 0 Å². The molecule has 4 aliphatic rings. The Morgan fingerprint density at radius 1 is 1.00 bits per heavy atom. The van der Waals surface area contributed by atoms with Crippen molar-refractivity contribution in [3.63, 3.8) is 0 Å². The number of carbonyl (C=O) groups is 3. The summed E-state index contributed by atoms with van der Waals surface area (Å²) in [5.74, 6) is -1.57. The second-order valence-corrected chi connectivity index (χ2v) is 16.1. The zero-order valence-corrected chi connectivity index (χ0v) is 26.2. The molecule has 0 bridgehead atoms. The Bertz CT molecular complexity index is 1060. The van der Waals surface area contributed by atoms with Crippen molar-refractivity contribution in [2.75, 3.05) is 26.2 Å². The molecule has 3 amide bonds. The van der Waals surface area contributed by atoms with Crippen molar-refractivity contribution < 1.29 is 19.5 Å². The average molecular weight is 560 g/mol. The number of aliphatic hydroxyl groups excluding tert-OH is 1. The quantitative estimate of drug-likeness (QED) is 0.475. The van der Waals surface area contributed by atoms with E-state index in [1.807, 2.05) is 23.6 Å². The maximum atomic E-state index is 14.8. The number of nitrogens with zero attached hydrogens (tertiary/aromatic N) is 3. The van der Waals surface area contributed by atoms with Crippen LogP contribution in [0.1, 0.15) is 75.2 Å². The molecule has 7 nitrogen and oxygen atoms in total. The van der Waals surface area contributed by atoms with E-state index in [9.17, 15) is 19.5 Å². The van der Waals surface area contributed by atoms with Gasteiger partial charge in [0.2, 0.25) is 17.7 Å². The first kappa shape index (κ1) is 30.2. The minimum absolute atomic E-state index is 0.000497. The number of rotatable bonds is 7. The highest BCUT2D eigenvalue weighted by Crippen LogP contribution is 2.66. The highest BCUT2D eigenvalue weighted by atomic mass is 32.2. The third kappa shape index (κ3) is 4.87. The van der Waals surface area contributed by atoms with Gasteiger partial charge in [0.25, 0.3) is 0 Å². The van der Waals surface area contributed by atoms with E-state index in [4.69, 9.17) is 0 Å². The van der Waals surface area contributed by atoms with Crippen molar-refractivity contribution in [1.29, 1.82) is 0 Å². The van der Waals surface area contributed by atoms with Crippen LogP contribution in [0, 0.1) is 23.2 Å². The molecule has 2 saturated heterocycles. The Morgan fingerprint density at radius 2 is 1.64 bits per heavy atom. The maximum Gasteiger partial charge on any atom is 0.247 e. The lowest BCUT2D eigenvalue weighted by Gasteiger charge is -2.46. The summed E-state index contributed by atoms with van der Waals surface area (Å²) in [7, 11) is 0. The number of thioether (sulfide) groups is 1. The first-order valence-electron chi connectivity index (χ1n) is 14.6. The fourth-order valence-electron chi connectivity index (χ4n) is 7.90. The van der Waals surface area contributed by atoms with Crippen LogP contribution in [-0.4, -0.2) is 90.9 Å². The van der Waals surface area contributed by atoms with E-state index < -0.39 is 39.0 Å². The molecule has 0 aliphatic carbocycles. The summed E-state index contributed by atoms with van der Waals surface area (Å²) in [6.45, 7) is 20.2. The molecule has 4 aliphatic heterocycles. The molecule has 1 N–H and O–H groups in total. The molecule has 0 aromatic carbocycles. The lowest BCUT2D eigenvalue weighted by atomic mass is 9.74. The first-order valence-corrected chi connectivity index (χ1v) is 15.4. The van der Waals surface area contributed by atoms with Gasteiger partial charge in [0.1, 0.15) is 6.04 Å². The van der Waals surface area contributed by atoms with Gasteiger partial charge in [-0.2, -0.15) is 0 Å². The minimum Gasteiger partial charge on any atom is -0.394 e. The summed E-state index contributed by atoms with van der Waals surface area (Å²) in [6, 6.07) is -1.30. The summed E-state index contributed by atoms with van der Waals surface area (Å²) in [5, 5.41) is 10.5. The molecular weight excluding hydrogens is 510 g/mol. The van der Waals surface area contributed by atoms with Gasteiger partial charge in [0.15, 0.2) is 0 Å². The van der Waals surface area contributed by atoms with E-state index in [0.717, 1.165) is 12.8 Å². The SMILES string of the molecule is CCCN1CC=C[C@]2(C)S[C@]34C=CCN(C(C)(C)CC(C)(C)C)C(=O)C3N([C@@H](CO)C(C)C)C(=O)[C@@H]4[C@@H]2C1=O. The van der Waals surface area contributed by atoms with E-state index in [-0.39, 0.29) is 35.7 Å². The van der Waals surface area contributed by atoms with Crippen LogP contribution in [0.4, 0.5) is 0 Å². The number of hydrogen-bond acceptors (Lipinski definition) is 5. The van der Waals surface area contributed by atoms with Gasteiger partial charge in [-0.1, -0.05) is 65.8 Å². The van der Waals surface area contributed by atoms with Crippen LogP contribution in [0.3, 0.4) is 0 Å². The normalized spacial score (nSPS) is 33.9. The summed E-state index contributed by atoms with van der Waals surface area (Å²) in [5.41, 5.74) is -0.449. The van der Waals surface area contributed by atoms with Gasteiger partial charge >= 0.3 is 0 Å². The molecule has 0 aromatic rings. The largest absolute Gasteiger partial charge is 0.394 e. The van der Waals surface area contributed by atoms with Crippen molar-refractivity contribution in [2.24, 2.45) is 23.2 Å². The summed E-state index contributed by atoms with van der Waals surface area (Å²) >= 11 is 1.61. The summed E-state index contributed by atoms with van der Waals surface area (Å²) in [4.78, 5) is 49.1. The molecule has 2 fully saturated rings. The van der Waals surface area contributed by atoms with Gasteiger partial charge in [-0.25, -0.2) is 0 Å². The Morgan fingerprint density at radius 3 is 2.21 bits per heavy atom. The standard InChI is InChI=1S/C31H49N3O4S/c1-10-15-32-16-11-13-30(9)22(25(32)36)23-26(37)34(21(18-35)20(2)3)24-27(38)33(17-12-14-31(23,24)39-30)29(7,8)19-28(4,5)6/h11-14,20-24,35H,10,15-19H2,1-9H3/t21-,22+,23-,24?,30-,31-/m0/s1. The number of hydrogen-bond donors (Lipinski definition) is 1. The first-order chi connectivity index (χ1) is 18.0. The Labute approximate surface area is 239 Å². The second-order valence-electron chi connectivity index (χ2n) is 14.3. The Kier molecular flexibility index (Phi) is 7.92. The molecule has 0 aromatic heterocycles. The Hall–Kier alpha value is -1.80. The van der Waals surface area contributed by atoms with Crippen LogP contribution >= 0.6 is 11.8 Å². The molecule has 0 radical (unpaired) electrons. The number of likely N-dealkylation sites (tertiary alicyclic amines) is 1. The van der Waals surface area contributed by atoms with E-state index in [0.29, 0.717) is 19.6 Å². The lowest BCUT2D eigenvalue weighted by molar-refractivity contribution is -0.150. The van der Waals surface area contributed by atoms with Gasteiger partial charge in [0, 0.05) is 29.9 Å². The van der Waals surface area contributed by atoms with Gasteiger partial charge in [-0.3, -0.25) is 14.4 Å². The van der Waals surface area contributed by atoms with Crippen molar-refractivity contribution in [1.82, 2.24) is 14.7 Å². The average Bonchev–Trinajstić information content (AvgIpc) is 3.06. The lowest BCUT2D eigenvalue weighted by Crippen LogP contribution is -2.61. The fourth-order valence-corrected chi connectivity index (χ4v) is 10.0. The van der Waals surface area contributed by atoms with Crippen LogP contribution in [0.2, 0.25) is 0 Å². The zero-order valence-electron chi connectivity index (χ0n) is 25.4. The molecule has 0 saturated carbocycles. The minimum atomic E-state index is -0.891. The topological polar surface area (TPSA) is 81.2 Å². The fraction of sp³-hybridized carbons (Fsp3) is 0.774. The van der Waals surface area contributed by atoms with Crippen LogP contribution < -0.4 is 0 Å². The van der Waals surface area contributed by atoms with Crippen LogP contribution in [0.25, 0.3) is 0 Å². The molecule has 1 spiro atoms. The van der Waals surface area contributed by atoms with Crippen LogP contribution in [0.15, 0.2) is 24.3 Å². The summed E-state index contributed by atoms with van der Waals surface area (Å²) in [6.07, 6.45) is 9.93. The predicted molar refractivity (Wildman–Crippen MR) is 157 cm³/mol. The molecule has 39 heavy (non-hydrogen) atoms. The molecule has 218 valence electrons. The molecule has 1 unspecified atom stereocenters. The van der Waals surface area contributed by atoms with Gasteiger partial charge in [-0.15, -0.1) is 11.8 Å². The molecule has 6 atom stereocenters. The smallest absolute Gasteiger partial charge is 0.247 e. The predicted octanol–water partition coefficient (Wildman–Crippen LogP) is 4.11. The molecule has 8 heteroatoms. The van der Waals surface area contributed by atoms with Crippen molar-refractivity contribution >= 4 is 29.5 Å². The van der Waals surface area contributed by atoms with Gasteiger partial charge in [0.05, 0.1) is 29.2 Å². The van der Waals surface area contributed by atoms with Gasteiger partial charge in [-0.05, 0) is 44.9 Å². The molecule has 4 heterocycles. The number of carbonyl (C=O) groups excluding carboxylic acids is 3. The third-order valence-electron chi connectivity index (χ3n) is 9.08. The van der Waals surface area contributed by atoms with E-state index in [2.05, 4.69) is 72.8 Å². The number of amides is 3. The van der Waals surface area contributed by atoms with Crippen LogP contribution in [-0.2, 0) is 14.4 Å². The van der Waals surface area contributed by atoms with Gasteiger partial charge < -0.3 is 19.8 Å². The highest BCUT2D eigenvalue weighted by Gasteiger charge is 2.74. The van der Waals surface area contributed by atoms with Crippen molar-refractivity contribution in [2.45, 2.75) is 102 Å². The second kappa shape index (κ2) is 10.2. The highest BCUT2D eigenvalue weighted by molar-refractivity contribution is 8.02. The Balaban J connectivity index is 1.90. The van der Waals surface area contributed by atoms with Crippen molar-refractivity contribution in [3.8, 4) is 0 Å². The molecular formula is C31H49N3O4S. The summed E-state index contributed by atoms with van der Waals surface area (Å²) < 4.78 is -1.50. The van der Waals surface area contributed by atoms with E-state index >= 15 is 0 Å². The van der Waals surface area contributed by atoms with E-state index in [1.54, 1.807) is 16.7 Å². The third-order valence-corrected chi connectivity index (χ3v) is 10.9. The number of aliphatic hydroxyl groups is 1. The van der Waals surface area contributed by atoms with E-state index in [1.165, 1.54) is 0 Å².